The van der Waals surface area contributed by atoms with Crippen molar-refractivity contribution in [3.05, 3.63) is 90.0 Å². The number of alkyl halides is 3. The summed E-state index contributed by atoms with van der Waals surface area (Å²) in [6.45, 7) is -0.686. The molecule has 7 nitrogen and oxygen atoms in total. The van der Waals surface area contributed by atoms with Gasteiger partial charge in [0.15, 0.2) is 6.61 Å². The number of anilines is 3. The van der Waals surface area contributed by atoms with Crippen LogP contribution in [-0.2, 0) is 15.7 Å². The van der Waals surface area contributed by atoms with Gasteiger partial charge in [0.05, 0.1) is 11.1 Å². The van der Waals surface area contributed by atoms with E-state index < -0.39 is 36.3 Å². The van der Waals surface area contributed by atoms with E-state index in [1.165, 1.54) is 30.3 Å². The molecule has 0 aromatic heterocycles. The van der Waals surface area contributed by atoms with Crippen molar-refractivity contribution in [3.63, 3.8) is 0 Å². The number of hydrogen-bond acceptors (Lipinski definition) is 4. The van der Waals surface area contributed by atoms with Crippen LogP contribution < -0.4 is 16.0 Å². The molecule has 0 radical (unpaired) electrons. The predicted molar refractivity (Wildman–Crippen MR) is 116 cm³/mol. The normalized spacial score (nSPS) is 10.8. The van der Waals surface area contributed by atoms with Crippen molar-refractivity contribution in [3.8, 4) is 0 Å². The number of urea groups is 1. The highest BCUT2D eigenvalue weighted by Crippen LogP contribution is 2.30. The van der Waals surface area contributed by atoms with E-state index in [1.807, 2.05) is 6.07 Å². The average molecular weight is 457 g/mol. The third-order valence-electron chi connectivity index (χ3n) is 4.22. The molecule has 0 aliphatic carbocycles. The maximum atomic E-state index is 12.7. The minimum atomic E-state index is -4.55. The summed E-state index contributed by atoms with van der Waals surface area (Å²) in [4.78, 5) is 36.0. The van der Waals surface area contributed by atoms with Crippen LogP contribution in [0.2, 0.25) is 0 Å². The summed E-state index contributed by atoms with van der Waals surface area (Å²) < 4.78 is 43.1. The van der Waals surface area contributed by atoms with Crippen LogP contribution in [0.25, 0.3) is 0 Å². The highest BCUT2D eigenvalue weighted by Gasteiger charge is 2.30. The second-order valence-corrected chi connectivity index (χ2v) is 6.73. The lowest BCUT2D eigenvalue weighted by atomic mass is 10.2. The minimum absolute atomic E-state index is 0.0740. The lowest BCUT2D eigenvalue weighted by molar-refractivity contribution is -0.137. The van der Waals surface area contributed by atoms with Gasteiger partial charge >= 0.3 is 18.2 Å². The highest BCUT2D eigenvalue weighted by atomic mass is 19.4. The summed E-state index contributed by atoms with van der Waals surface area (Å²) in [5.41, 5.74) is 0.162. The van der Waals surface area contributed by atoms with Crippen molar-refractivity contribution >= 4 is 35.0 Å². The Bertz CT molecular complexity index is 1130. The lowest BCUT2D eigenvalue weighted by Gasteiger charge is -2.10. The van der Waals surface area contributed by atoms with E-state index in [1.54, 1.807) is 24.3 Å². The molecule has 0 bridgehead atoms. The van der Waals surface area contributed by atoms with Crippen LogP contribution in [0.4, 0.5) is 35.0 Å². The monoisotopic (exact) mass is 457 g/mol. The number of rotatable bonds is 6. The zero-order chi connectivity index (χ0) is 23.8. The molecule has 0 saturated carbocycles. The standard InChI is InChI=1S/C23H18F3N3O4/c24-23(25,26)16-5-4-8-19(13-16)27-20(30)14-33-21(31)15-9-11-18(12-10-15)29-22(32)28-17-6-2-1-3-7-17/h1-13H,14H2,(H,27,30)(H2,28,29,32). The van der Waals surface area contributed by atoms with E-state index in [0.717, 1.165) is 18.2 Å². The number of amides is 3. The number of carbonyl (C=O) groups excluding carboxylic acids is 3. The SMILES string of the molecule is O=C(COC(=O)c1ccc(NC(=O)Nc2ccccc2)cc1)Nc1cccc(C(F)(F)F)c1. The van der Waals surface area contributed by atoms with Gasteiger partial charge in [0, 0.05) is 17.1 Å². The molecule has 0 unspecified atom stereocenters. The van der Waals surface area contributed by atoms with Gasteiger partial charge in [0.1, 0.15) is 0 Å². The van der Waals surface area contributed by atoms with Gasteiger partial charge in [0.2, 0.25) is 0 Å². The highest BCUT2D eigenvalue weighted by molar-refractivity contribution is 6.00. The Kier molecular flexibility index (Phi) is 7.29. The van der Waals surface area contributed by atoms with Gasteiger partial charge in [-0.1, -0.05) is 24.3 Å². The number of para-hydroxylation sites is 1. The van der Waals surface area contributed by atoms with E-state index in [-0.39, 0.29) is 11.3 Å². The van der Waals surface area contributed by atoms with Gasteiger partial charge in [-0.05, 0) is 54.6 Å². The van der Waals surface area contributed by atoms with Gasteiger partial charge in [-0.3, -0.25) is 4.79 Å². The Balaban J connectivity index is 1.48. The van der Waals surface area contributed by atoms with E-state index >= 15 is 0 Å². The molecule has 3 amide bonds. The third-order valence-corrected chi connectivity index (χ3v) is 4.22. The zero-order valence-electron chi connectivity index (χ0n) is 17.0. The van der Waals surface area contributed by atoms with Crippen molar-refractivity contribution in [1.82, 2.24) is 0 Å². The molecule has 0 heterocycles. The molecule has 0 aliphatic heterocycles. The van der Waals surface area contributed by atoms with Crippen LogP contribution in [-0.4, -0.2) is 24.5 Å². The first-order valence-electron chi connectivity index (χ1n) is 9.58. The van der Waals surface area contributed by atoms with E-state index in [2.05, 4.69) is 16.0 Å². The smallest absolute Gasteiger partial charge is 0.416 e. The first kappa shape index (κ1) is 23.3. The molecule has 3 aromatic carbocycles. The fourth-order valence-electron chi connectivity index (χ4n) is 2.69. The third kappa shape index (κ3) is 7.10. The molecular weight excluding hydrogens is 439 g/mol. The fourth-order valence-corrected chi connectivity index (χ4v) is 2.69. The summed E-state index contributed by atoms with van der Waals surface area (Å²) in [7, 11) is 0. The van der Waals surface area contributed by atoms with Gasteiger partial charge in [-0.15, -0.1) is 0 Å². The van der Waals surface area contributed by atoms with Gasteiger partial charge < -0.3 is 20.7 Å². The van der Waals surface area contributed by atoms with Gasteiger partial charge in [-0.25, -0.2) is 9.59 Å². The van der Waals surface area contributed by atoms with Crippen LogP contribution >= 0.6 is 0 Å². The number of halogens is 3. The first-order chi connectivity index (χ1) is 15.7. The molecule has 3 rings (SSSR count). The Morgan fingerprint density at radius 3 is 1.97 bits per heavy atom. The summed E-state index contributed by atoms with van der Waals surface area (Å²) in [6, 6.07) is 18.2. The van der Waals surface area contributed by atoms with Crippen LogP contribution in [0.3, 0.4) is 0 Å². The minimum Gasteiger partial charge on any atom is -0.452 e. The largest absolute Gasteiger partial charge is 0.452 e. The average Bonchev–Trinajstić information content (AvgIpc) is 2.78. The number of ether oxygens (including phenoxy) is 1. The molecule has 0 spiro atoms. The van der Waals surface area contributed by atoms with Crippen LogP contribution in [0.1, 0.15) is 15.9 Å². The van der Waals surface area contributed by atoms with Gasteiger partial charge in [0.25, 0.3) is 5.91 Å². The fraction of sp³-hybridized carbons (Fsp3) is 0.0870. The number of carbonyl (C=O) groups is 3. The van der Waals surface area contributed by atoms with E-state index in [9.17, 15) is 27.6 Å². The molecule has 0 saturated heterocycles. The number of nitrogens with one attached hydrogen (secondary N) is 3. The van der Waals surface area contributed by atoms with Crippen LogP contribution in [0, 0.1) is 0 Å². The topological polar surface area (TPSA) is 96.5 Å². The summed E-state index contributed by atoms with van der Waals surface area (Å²) in [6.07, 6.45) is -4.55. The number of esters is 1. The Morgan fingerprint density at radius 2 is 1.33 bits per heavy atom. The lowest BCUT2D eigenvalue weighted by Crippen LogP contribution is -2.21. The van der Waals surface area contributed by atoms with E-state index in [0.29, 0.717) is 11.4 Å². The van der Waals surface area contributed by atoms with Gasteiger partial charge in [-0.2, -0.15) is 13.2 Å². The predicted octanol–water partition coefficient (Wildman–Crippen LogP) is 5.14. The van der Waals surface area contributed by atoms with Crippen molar-refractivity contribution < 1.29 is 32.3 Å². The molecule has 3 aromatic rings. The summed E-state index contributed by atoms with van der Waals surface area (Å²) in [5.74, 6) is -1.60. The molecule has 0 aliphatic rings. The molecule has 3 N–H and O–H groups in total. The molecule has 170 valence electrons. The number of benzene rings is 3. The Morgan fingerprint density at radius 1 is 0.727 bits per heavy atom. The van der Waals surface area contributed by atoms with Crippen molar-refractivity contribution in [2.75, 3.05) is 22.6 Å². The summed E-state index contributed by atoms with van der Waals surface area (Å²) in [5, 5.41) is 7.49. The first-order valence-corrected chi connectivity index (χ1v) is 9.58. The van der Waals surface area contributed by atoms with Crippen molar-refractivity contribution in [1.29, 1.82) is 0 Å². The van der Waals surface area contributed by atoms with Crippen molar-refractivity contribution in [2.45, 2.75) is 6.18 Å². The van der Waals surface area contributed by atoms with Crippen LogP contribution in [0.15, 0.2) is 78.9 Å². The molecular formula is C23H18F3N3O4. The van der Waals surface area contributed by atoms with Crippen LogP contribution in [0.5, 0.6) is 0 Å². The molecule has 0 atom stereocenters. The second-order valence-electron chi connectivity index (χ2n) is 6.73. The molecule has 0 fully saturated rings. The Hall–Kier alpha value is -4.34. The second kappa shape index (κ2) is 10.3. The van der Waals surface area contributed by atoms with E-state index in [4.69, 9.17) is 4.74 Å². The zero-order valence-corrected chi connectivity index (χ0v) is 17.0. The van der Waals surface area contributed by atoms with Crippen molar-refractivity contribution in [2.24, 2.45) is 0 Å². The molecule has 33 heavy (non-hydrogen) atoms. The maximum absolute atomic E-state index is 12.7. The summed E-state index contributed by atoms with van der Waals surface area (Å²) >= 11 is 0. The number of hydrogen-bond donors (Lipinski definition) is 3. The Labute approximate surface area is 186 Å². The maximum Gasteiger partial charge on any atom is 0.416 e. The quantitative estimate of drug-likeness (QED) is 0.447. The molecule has 10 heteroatoms.